The lowest BCUT2D eigenvalue weighted by molar-refractivity contribution is -0.153. The van der Waals surface area contributed by atoms with Crippen LogP contribution >= 0.6 is 12.4 Å². The second-order valence-corrected chi connectivity index (χ2v) is 4.96. The number of alkyl halides is 3. The van der Waals surface area contributed by atoms with E-state index in [1.165, 1.54) is 12.1 Å². The molecule has 0 saturated carbocycles. The lowest BCUT2D eigenvalue weighted by Crippen LogP contribution is -2.38. The molecule has 1 fully saturated rings. The van der Waals surface area contributed by atoms with Crippen molar-refractivity contribution in [1.82, 2.24) is 10.2 Å². The van der Waals surface area contributed by atoms with Gasteiger partial charge in [0.2, 0.25) is 0 Å². The molecule has 124 valence electrons. The number of para-hydroxylation sites is 1. The van der Waals surface area contributed by atoms with Crippen LogP contribution in [0.2, 0.25) is 0 Å². The second kappa shape index (κ2) is 7.69. The van der Waals surface area contributed by atoms with Gasteiger partial charge in [0.05, 0.1) is 5.56 Å². The van der Waals surface area contributed by atoms with Crippen LogP contribution in [0.1, 0.15) is 16.8 Å². The van der Waals surface area contributed by atoms with Gasteiger partial charge in [-0.25, -0.2) is 0 Å². The van der Waals surface area contributed by atoms with E-state index < -0.39 is 12.8 Å². The van der Waals surface area contributed by atoms with Gasteiger partial charge in [0.25, 0.3) is 5.91 Å². The van der Waals surface area contributed by atoms with Gasteiger partial charge < -0.3 is 15.0 Å². The van der Waals surface area contributed by atoms with Crippen molar-refractivity contribution < 1.29 is 22.7 Å². The number of hydrogen-bond donors (Lipinski definition) is 1. The first kappa shape index (κ1) is 18.6. The highest BCUT2D eigenvalue weighted by Gasteiger charge is 2.30. The van der Waals surface area contributed by atoms with E-state index in [2.05, 4.69) is 5.32 Å². The lowest BCUT2D eigenvalue weighted by Gasteiger charge is -2.24. The number of nitrogens with zero attached hydrogens (tertiary/aromatic N) is 1. The molecule has 0 aliphatic carbocycles. The zero-order valence-electron chi connectivity index (χ0n) is 12.0. The molecular weight excluding hydrogens is 321 g/mol. The summed E-state index contributed by atoms with van der Waals surface area (Å²) < 4.78 is 41.5. The molecule has 22 heavy (non-hydrogen) atoms. The fourth-order valence-electron chi connectivity index (χ4n) is 2.25. The Hall–Kier alpha value is -1.47. The molecule has 4 nitrogen and oxygen atoms in total. The molecule has 0 spiro atoms. The largest absolute Gasteiger partial charge is 0.483 e. The molecule has 1 saturated heterocycles. The predicted octanol–water partition coefficient (Wildman–Crippen LogP) is 2.48. The minimum atomic E-state index is -4.43. The van der Waals surface area contributed by atoms with Crippen molar-refractivity contribution in [2.75, 3.05) is 26.7 Å². The number of amides is 1. The Morgan fingerprint density at radius 3 is 2.68 bits per heavy atom. The maximum absolute atomic E-state index is 12.4. The predicted molar refractivity (Wildman–Crippen MR) is 78.6 cm³/mol. The number of carbonyl (C=O) groups is 1. The first-order valence-corrected chi connectivity index (χ1v) is 6.65. The van der Waals surface area contributed by atoms with Gasteiger partial charge in [0.15, 0.2) is 6.61 Å². The highest BCUT2D eigenvalue weighted by molar-refractivity contribution is 5.97. The molecule has 0 aromatic heterocycles. The number of rotatable bonds is 4. The summed E-state index contributed by atoms with van der Waals surface area (Å²) >= 11 is 0. The Balaban J connectivity index is 0.00000242. The van der Waals surface area contributed by atoms with E-state index in [4.69, 9.17) is 4.74 Å². The smallest absolute Gasteiger partial charge is 0.422 e. The summed E-state index contributed by atoms with van der Waals surface area (Å²) in [5.74, 6) is -0.376. The number of nitrogens with one attached hydrogen (secondary N) is 1. The summed E-state index contributed by atoms with van der Waals surface area (Å²) in [6.45, 7) is 0.105. The summed E-state index contributed by atoms with van der Waals surface area (Å²) in [5.41, 5.74) is 0.149. The highest BCUT2D eigenvalue weighted by atomic mass is 35.5. The standard InChI is InChI=1S/C14H17F3N2O2.ClH/c1-19(10-6-7-18-8-10)13(20)11-4-2-3-5-12(11)21-9-14(15,16)17;/h2-5,10,18H,6-9H2,1H3;1H/t10-;/m0./s1. The SMILES string of the molecule is CN(C(=O)c1ccccc1OCC(F)(F)F)[C@H]1CCNC1.Cl. The third-order valence-electron chi connectivity index (χ3n) is 3.41. The third-order valence-corrected chi connectivity index (χ3v) is 3.41. The Labute approximate surface area is 133 Å². The van der Waals surface area contributed by atoms with Gasteiger partial charge in [-0.1, -0.05) is 12.1 Å². The maximum atomic E-state index is 12.4. The average molecular weight is 339 g/mol. The van der Waals surface area contributed by atoms with Crippen LogP contribution in [0, 0.1) is 0 Å². The van der Waals surface area contributed by atoms with Gasteiger partial charge in [-0.05, 0) is 25.1 Å². The maximum Gasteiger partial charge on any atom is 0.422 e. The molecule has 1 amide bonds. The van der Waals surface area contributed by atoms with Gasteiger partial charge in [-0.3, -0.25) is 4.79 Å². The van der Waals surface area contributed by atoms with Crippen molar-refractivity contribution in [3.8, 4) is 5.75 Å². The Morgan fingerprint density at radius 2 is 2.09 bits per heavy atom. The molecule has 1 atom stereocenters. The Morgan fingerprint density at radius 1 is 1.41 bits per heavy atom. The van der Waals surface area contributed by atoms with E-state index >= 15 is 0 Å². The molecule has 1 aliphatic heterocycles. The summed E-state index contributed by atoms with van der Waals surface area (Å²) in [6, 6.07) is 6.05. The molecule has 0 bridgehead atoms. The van der Waals surface area contributed by atoms with Crippen molar-refractivity contribution in [2.45, 2.75) is 18.6 Å². The topological polar surface area (TPSA) is 41.6 Å². The van der Waals surface area contributed by atoms with Crippen LogP contribution in [-0.2, 0) is 0 Å². The fourth-order valence-corrected chi connectivity index (χ4v) is 2.25. The van der Waals surface area contributed by atoms with Crippen molar-refractivity contribution in [2.24, 2.45) is 0 Å². The minimum absolute atomic E-state index is 0. The molecule has 0 unspecified atom stereocenters. The van der Waals surface area contributed by atoms with Gasteiger partial charge >= 0.3 is 6.18 Å². The number of carbonyl (C=O) groups excluding carboxylic acids is 1. The fraction of sp³-hybridized carbons (Fsp3) is 0.500. The van der Waals surface area contributed by atoms with E-state index in [9.17, 15) is 18.0 Å². The summed E-state index contributed by atoms with van der Waals surface area (Å²) in [6.07, 6.45) is -3.61. The number of ether oxygens (including phenoxy) is 1. The second-order valence-electron chi connectivity index (χ2n) is 4.96. The zero-order chi connectivity index (χ0) is 15.5. The van der Waals surface area contributed by atoms with Crippen molar-refractivity contribution >= 4 is 18.3 Å². The number of benzene rings is 1. The molecule has 1 aliphatic rings. The Kier molecular flexibility index (Phi) is 6.49. The van der Waals surface area contributed by atoms with E-state index in [1.807, 2.05) is 0 Å². The quantitative estimate of drug-likeness (QED) is 0.917. The van der Waals surface area contributed by atoms with Gasteiger partial charge in [0.1, 0.15) is 5.75 Å². The van der Waals surface area contributed by atoms with Crippen LogP contribution in [0.15, 0.2) is 24.3 Å². The van der Waals surface area contributed by atoms with Crippen LogP contribution < -0.4 is 10.1 Å². The average Bonchev–Trinajstić information content (AvgIpc) is 2.97. The van der Waals surface area contributed by atoms with E-state index in [-0.39, 0.29) is 35.7 Å². The zero-order valence-corrected chi connectivity index (χ0v) is 12.8. The molecule has 1 aromatic rings. The van der Waals surface area contributed by atoms with Crippen molar-refractivity contribution in [3.05, 3.63) is 29.8 Å². The number of likely N-dealkylation sites (N-methyl/N-ethyl adjacent to an activating group) is 1. The van der Waals surface area contributed by atoms with Gasteiger partial charge in [0, 0.05) is 19.6 Å². The van der Waals surface area contributed by atoms with Crippen LogP contribution in [-0.4, -0.2) is 49.8 Å². The summed E-state index contributed by atoms with van der Waals surface area (Å²) in [5, 5.41) is 3.15. The minimum Gasteiger partial charge on any atom is -0.483 e. The first-order chi connectivity index (χ1) is 9.88. The number of hydrogen-bond acceptors (Lipinski definition) is 3. The van der Waals surface area contributed by atoms with Crippen LogP contribution in [0.4, 0.5) is 13.2 Å². The molecular formula is C14H18ClF3N2O2. The van der Waals surface area contributed by atoms with E-state index in [1.54, 1.807) is 24.1 Å². The molecule has 1 heterocycles. The summed E-state index contributed by atoms with van der Waals surface area (Å²) in [4.78, 5) is 14.0. The van der Waals surface area contributed by atoms with Gasteiger partial charge in [-0.2, -0.15) is 13.2 Å². The first-order valence-electron chi connectivity index (χ1n) is 6.65. The molecule has 1 aromatic carbocycles. The van der Waals surface area contributed by atoms with Crippen molar-refractivity contribution in [3.63, 3.8) is 0 Å². The molecule has 8 heteroatoms. The normalized spacial score (nSPS) is 17.7. The lowest BCUT2D eigenvalue weighted by atomic mass is 10.1. The van der Waals surface area contributed by atoms with Crippen molar-refractivity contribution in [1.29, 1.82) is 0 Å². The van der Waals surface area contributed by atoms with E-state index in [0.29, 0.717) is 6.54 Å². The third kappa shape index (κ3) is 4.78. The van der Waals surface area contributed by atoms with E-state index in [0.717, 1.165) is 13.0 Å². The van der Waals surface area contributed by atoms with Crippen LogP contribution in [0.25, 0.3) is 0 Å². The highest BCUT2D eigenvalue weighted by Crippen LogP contribution is 2.24. The van der Waals surface area contributed by atoms with Crippen LogP contribution in [0.3, 0.4) is 0 Å². The molecule has 0 radical (unpaired) electrons. The van der Waals surface area contributed by atoms with Crippen LogP contribution in [0.5, 0.6) is 5.75 Å². The molecule has 1 N–H and O–H groups in total. The monoisotopic (exact) mass is 338 g/mol. The van der Waals surface area contributed by atoms with Gasteiger partial charge in [-0.15, -0.1) is 12.4 Å². The Bertz CT molecular complexity index is 505. The summed E-state index contributed by atoms with van der Waals surface area (Å²) in [7, 11) is 1.65. The molecule has 2 rings (SSSR count). The number of halogens is 4.